The molecule has 1 aliphatic rings. The van der Waals surface area contributed by atoms with E-state index in [1.807, 2.05) is 6.07 Å². The number of hydrogen-bond donors (Lipinski definition) is 1. The van der Waals surface area contributed by atoms with Crippen LogP contribution in [-0.4, -0.2) is 18.2 Å². The lowest BCUT2D eigenvalue weighted by Crippen LogP contribution is -2.17. The summed E-state index contributed by atoms with van der Waals surface area (Å²) in [6.07, 6.45) is 8.46. The normalized spacial score (nSPS) is 17.8. The van der Waals surface area contributed by atoms with Gasteiger partial charge in [-0.3, -0.25) is 4.55 Å². The fraction of sp³-hybridized carbons (Fsp3) is 0.529. The minimum Gasteiger partial charge on any atom is -0.285 e. The highest BCUT2D eigenvalue weighted by Gasteiger charge is 2.21. The average molecular weight is 308 g/mol. The summed E-state index contributed by atoms with van der Waals surface area (Å²) in [6, 6.07) is 8.48. The quantitative estimate of drug-likeness (QED) is 0.609. The minimum atomic E-state index is -4.01. The van der Waals surface area contributed by atoms with Crippen LogP contribution in [-0.2, 0) is 16.5 Å². The standard InChI is InChI=1S/C17H24O3S/c1-2-16(21(18,19)20)12-7-11-15-10-5-6-13-17(15)14-8-3-4-9-14/h2,5-6,10,13-14,16H,1,3-4,7-9,11-12H2,(H,18,19,20). The van der Waals surface area contributed by atoms with Crippen LogP contribution in [0.5, 0.6) is 0 Å². The lowest BCUT2D eigenvalue weighted by Gasteiger charge is -2.16. The maximum Gasteiger partial charge on any atom is 0.271 e. The molecule has 0 saturated heterocycles. The zero-order valence-corrected chi connectivity index (χ0v) is 13.2. The Morgan fingerprint density at radius 2 is 1.95 bits per heavy atom. The highest BCUT2D eigenvalue weighted by molar-refractivity contribution is 7.86. The van der Waals surface area contributed by atoms with Gasteiger partial charge in [-0.25, -0.2) is 0 Å². The van der Waals surface area contributed by atoms with Gasteiger partial charge in [-0.05, 0) is 49.1 Å². The van der Waals surface area contributed by atoms with Crippen molar-refractivity contribution >= 4 is 10.1 Å². The van der Waals surface area contributed by atoms with Crippen molar-refractivity contribution in [2.45, 2.75) is 56.1 Å². The maximum atomic E-state index is 11.2. The van der Waals surface area contributed by atoms with Gasteiger partial charge >= 0.3 is 0 Å². The van der Waals surface area contributed by atoms with Gasteiger partial charge in [-0.1, -0.05) is 43.2 Å². The molecule has 0 radical (unpaired) electrons. The molecule has 1 aromatic carbocycles. The fourth-order valence-corrected chi connectivity index (χ4v) is 3.99. The Balaban J connectivity index is 1.99. The molecule has 0 amide bonds. The Kier molecular flexibility index (Phi) is 5.59. The van der Waals surface area contributed by atoms with Crippen molar-refractivity contribution in [2.24, 2.45) is 0 Å². The molecule has 1 unspecified atom stereocenters. The molecular weight excluding hydrogens is 284 g/mol. The van der Waals surface area contributed by atoms with Gasteiger partial charge in [-0.15, -0.1) is 6.58 Å². The average Bonchev–Trinajstić information content (AvgIpc) is 2.96. The van der Waals surface area contributed by atoms with E-state index in [1.54, 1.807) is 0 Å². The summed E-state index contributed by atoms with van der Waals surface area (Å²) in [4.78, 5) is 0. The van der Waals surface area contributed by atoms with Crippen LogP contribution < -0.4 is 0 Å². The SMILES string of the molecule is C=CC(CCCc1ccccc1C1CCCC1)S(=O)(=O)O. The number of benzene rings is 1. The Morgan fingerprint density at radius 1 is 1.29 bits per heavy atom. The first kappa shape index (κ1) is 16.2. The second kappa shape index (κ2) is 7.23. The first-order chi connectivity index (χ1) is 10.0. The summed E-state index contributed by atoms with van der Waals surface area (Å²) in [5, 5.41) is -0.851. The largest absolute Gasteiger partial charge is 0.285 e. The fourth-order valence-electron chi connectivity index (χ4n) is 3.28. The van der Waals surface area contributed by atoms with Crippen molar-refractivity contribution in [3.05, 3.63) is 48.0 Å². The van der Waals surface area contributed by atoms with E-state index >= 15 is 0 Å². The zero-order chi connectivity index (χ0) is 15.3. The summed E-state index contributed by atoms with van der Waals surface area (Å²) in [5.74, 6) is 0.665. The number of hydrogen-bond acceptors (Lipinski definition) is 2. The second-order valence-corrected chi connectivity index (χ2v) is 7.50. The van der Waals surface area contributed by atoms with Crippen LogP contribution >= 0.6 is 0 Å². The minimum absolute atomic E-state index is 0.418. The second-order valence-electron chi connectivity index (χ2n) is 5.86. The van der Waals surface area contributed by atoms with E-state index in [2.05, 4.69) is 24.8 Å². The molecule has 0 aromatic heterocycles. The first-order valence-electron chi connectivity index (χ1n) is 7.69. The van der Waals surface area contributed by atoms with Crippen LogP contribution in [0.2, 0.25) is 0 Å². The molecule has 1 aliphatic carbocycles. The predicted octanol–water partition coefficient (Wildman–Crippen LogP) is 4.11. The van der Waals surface area contributed by atoms with Crippen LogP contribution in [0.4, 0.5) is 0 Å². The van der Waals surface area contributed by atoms with Crippen molar-refractivity contribution in [3.63, 3.8) is 0 Å². The molecule has 1 N–H and O–H groups in total. The summed E-state index contributed by atoms with van der Waals surface area (Å²) < 4.78 is 31.4. The topological polar surface area (TPSA) is 54.4 Å². The molecule has 1 aromatic rings. The van der Waals surface area contributed by atoms with Crippen LogP contribution in [0.15, 0.2) is 36.9 Å². The van der Waals surface area contributed by atoms with E-state index in [1.165, 1.54) is 42.9 Å². The van der Waals surface area contributed by atoms with E-state index in [9.17, 15) is 8.42 Å². The van der Waals surface area contributed by atoms with Crippen LogP contribution in [0.3, 0.4) is 0 Å². The molecule has 1 fully saturated rings. The number of rotatable bonds is 7. The Morgan fingerprint density at radius 3 is 2.57 bits per heavy atom. The summed E-state index contributed by atoms with van der Waals surface area (Å²) in [6.45, 7) is 3.49. The van der Waals surface area contributed by atoms with Crippen LogP contribution in [0, 0.1) is 0 Å². The highest BCUT2D eigenvalue weighted by atomic mass is 32.2. The predicted molar refractivity (Wildman–Crippen MR) is 86.1 cm³/mol. The highest BCUT2D eigenvalue weighted by Crippen LogP contribution is 2.36. The van der Waals surface area contributed by atoms with Gasteiger partial charge in [0.15, 0.2) is 0 Å². The summed E-state index contributed by atoms with van der Waals surface area (Å²) in [5.41, 5.74) is 2.75. The third-order valence-electron chi connectivity index (χ3n) is 4.43. The molecule has 2 rings (SSSR count). The number of aryl methyl sites for hydroxylation is 1. The molecule has 0 aliphatic heterocycles. The van der Waals surface area contributed by atoms with Crippen molar-refractivity contribution in [3.8, 4) is 0 Å². The summed E-state index contributed by atoms with van der Waals surface area (Å²) >= 11 is 0. The molecule has 1 saturated carbocycles. The molecule has 0 bridgehead atoms. The molecule has 4 heteroatoms. The Labute approximate surface area is 127 Å². The van der Waals surface area contributed by atoms with Gasteiger partial charge < -0.3 is 0 Å². The lowest BCUT2D eigenvalue weighted by atomic mass is 9.90. The molecule has 21 heavy (non-hydrogen) atoms. The van der Waals surface area contributed by atoms with Gasteiger partial charge in [0.2, 0.25) is 0 Å². The van der Waals surface area contributed by atoms with Crippen LogP contribution in [0.1, 0.15) is 55.6 Å². The van der Waals surface area contributed by atoms with E-state index in [4.69, 9.17) is 4.55 Å². The summed E-state index contributed by atoms with van der Waals surface area (Å²) in [7, 11) is -4.01. The molecule has 0 spiro atoms. The lowest BCUT2D eigenvalue weighted by molar-refractivity contribution is 0.470. The van der Waals surface area contributed by atoms with Crippen molar-refractivity contribution in [1.29, 1.82) is 0 Å². The molecule has 0 heterocycles. The third kappa shape index (κ3) is 4.42. The van der Waals surface area contributed by atoms with Gasteiger partial charge in [0.1, 0.15) is 5.25 Å². The van der Waals surface area contributed by atoms with Crippen molar-refractivity contribution in [1.82, 2.24) is 0 Å². The molecule has 116 valence electrons. The molecule has 1 atom stereocenters. The van der Waals surface area contributed by atoms with Gasteiger partial charge in [-0.2, -0.15) is 8.42 Å². The Hall–Kier alpha value is -1.13. The molecule has 3 nitrogen and oxygen atoms in total. The van der Waals surface area contributed by atoms with Gasteiger partial charge in [0.05, 0.1) is 0 Å². The molecular formula is C17H24O3S. The first-order valence-corrected chi connectivity index (χ1v) is 9.19. The zero-order valence-electron chi connectivity index (χ0n) is 12.4. The van der Waals surface area contributed by atoms with Crippen molar-refractivity contribution in [2.75, 3.05) is 0 Å². The maximum absolute atomic E-state index is 11.2. The van der Waals surface area contributed by atoms with E-state index in [0.717, 1.165) is 12.8 Å². The third-order valence-corrected chi connectivity index (χ3v) is 5.62. The monoisotopic (exact) mass is 308 g/mol. The smallest absolute Gasteiger partial charge is 0.271 e. The van der Waals surface area contributed by atoms with E-state index in [-0.39, 0.29) is 0 Å². The van der Waals surface area contributed by atoms with Crippen molar-refractivity contribution < 1.29 is 13.0 Å². The van der Waals surface area contributed by atoms with Gasteiger partial charge in [0.25, 0.3) is 10.1 Å². The van der Waals surface area contributed by atoms with Gasteiger partial charge in [0, 0.05) is 0 Å². The Bertz CT molecular complexity index is 571. The van der Waals surface area contributed by atoms with E-state index in [0.29, 0.717) is 12.3 Å². The van der Waals surface area contributed by atoms with Crippen LogP contribution in [0.25, 0.3) is 0 Å². The van der Waals surface area contributed by atoms with E-state index < -0.39 is 15.4 Å².